The highest BCUT2D eigenvalue weighted by Crippen LogP contribution is 2.38. The van der Waals surface area contributed by atoms with Crippen molar-refractivity contribution in [3.05, 3.63) is 100 Å². The number of halogens is 1. The second kappa shape index (κ2) is 11.2. The molecule has 2 fully saturated rings. The molecule has 0 spiro atoms. The Balaban J connectivity index is 1.16. The van der Waals surface area contributed by atoms with Crippen LogP contribution in [-0.4, -0.2) is 46.8 Å². The molecule has 1 aromatic carbocycles. The van der Waals surface area contributed by atoms with E-state index in [2.05, 4.69) is 34.2 Å². The molecule has 198 valence electrons. The van der Waals surface area contributed by atoms with Gasteiger partial charge in [0.1, 0.15) is 11.9 Å². The minimum absolute atomic E-state index is 0.108. The Morgan fingerprint density at radius 3 is 2.71 bits per heavy atom. The summed E-state index contributed by atoms with van der Waals surface area (Å²) in [5, 5.41) is 11.9. The van der Waals surface area contributed by atoms with Crippen LogP contribution in [-0.2, 0) is 10.3 Å². The van der Waals surface area contributed by atoms with Gasteiger partial charge in [-0.05, 0) is 79.7 Å². The fraction of sp³-hybridized carbons (Fsp3) is 0.406. The van der Waals surface area contributed by atoms with Crippen LogP contribution in [0.25, 0.3) is 5.57 Å². The summed E-state index contributed by atoms with van der Waals surface area (Å²) in [4.78, 5) is 6.99. The number of fused-ring (bicyclic) bond motifs is 2. The van der Waals surface area contributed by atoms with Gasteiger partial charge < -0.3 is 19.5 Å². The molecule has 1 N–H and O–H groups in total. The number of benzene rings is 1. The maximum absolute atomic E-state index is 11.2. The number of rotatable bonds is 6. The zero-order valence-electron chi connectivity index (χ0n) is 21.7. The predicted molar refractivity (Wildman–Crippen MR) is 151 cm³/mol. The van der Waals surface area contributed by atoms with Gasteiger partial charge in [0, 0.05) is 42.0 Å². The lowest BCUT2D eigenvalue weighted by molar-refractivity contribution is -0.0254. The van der Waals surface area contributed by atoms with E-state index in [1.165, 1.54) is 12.8 Å². The number of allylic oxidation sites excluding steroid dienone is 4. The Kier molecular flexibility index (Phi) is 7.53. The van der Waals surface area contributed by atoms with Gasteiger partial charge in [-0.25, -0.2) is 4.98 Å². The third-order valence-electron chi connectivity index (χ3n) is 8.24. The summed E-state index contributed by atoms with van der Waals surface area (Å²) in [7, 11) is 0. The summed E-state index contributed by atoms with van der Waals surface area (Å²) in [5.74, 6) is 1.45. The Morgan fingerprint density at radius 2 is 1.92 bits per heavy atom. The van der Waals surface area contributed by atoms with Crippen LogP contribution in [0.3, 0.4) is 0 Å². The summed E-state index contributed by atoms with van der Waals surface area (Å²) in [6.07, 6.45) is 19.8. The number of hydrogen-bond donors (Lipinski definition) is 1. The van der Waals surface area contributed by atoms with E-state index >= 15 is 0 Å². The van der Waals surface area contributed by atoms with Gasteiger partial charge in [-0.2, -0.15) is 0 Å². The molecule has 6 heteroatoms. The number of ether oxygens (including phenoxy) is 2. The summed E-state index contributed by atoms with van der Waals surface area (Å²) in [5.41, 5.74) is 3.37. The maximum atomic E-state index is 11.2. The Morgan fingerprint density at radius 1 is 1.13 bits per heavy atom. The van der Waals surface area contributed by atoms with Crippen molar-refractivity contribution in [3.63, 3.8) is 0 Å². The van der Waals surface area contributed by atoms with Crippen LogP contribution < -0.4 is 4.74 Å². The standard InChI is InChI=1S/C32H35ClN2O3/c33-25-14-12-24(13-15-25)32(36)16-20-35(21-17-32)19-5-6-23-22-28-29(37-26-7-1-2-8-26)10-3-11-30(28)38-31-27(23)9-4-18-34-31/h3-4,6,9-15,18,22,26,29,36H,1-2,5,7-8,16-17,19-21H2. The average molecular weight is 531 g/mol. The van der Waals surface area contributed by atoms with Gasteiger partial charge in [0.2, 0.25) is 5.88 Å². The van der Waals surface area contributed by atoms with Crippen molar-refractivity contribution in [1.29, 1.82) is 0 Å². The Labute approximate surface area is 230 Å². The molecule has 1 aromatic heterocycles. The first kappa shape index (κ1) is 25.6. The van der Waals surface area contributed by atoms with E-state index in [0.29, 0.717) is 17.0 Å². The first-order valence-electron chi connectivity index (χ1n) is 13.9. The normalized spacial score (nSPS) is 24.3. The Hall–Kier alpha value is -2.70. The van der Waals surface area contributed by atoms with Crippen molar-refractivity contribution in [3.8, 4) is 5.88 Å². The molecule has 38 heavy (non-hydrogen) atoms. The molecule has 1 unspecified atom stereocenters. The third-order valence-corrected chi connectivity index (χ3v) is 8.49. The van der Waals surface area contributed by atoms with Crippen LogP contribution in [0.15, 0.2) is 84.3 Å². The van der Waals surface area contributed by atoms with Crippen LogP contribution in [0, 0.1) is 0 Å². The molecule has 1 atom stereocenters. The molecule has 2 aromatic rings. The van der Waals surface area contributed by atoms with Crippen LogP contribution in [0.4, 0.5) is 0 Å². The smallest absolute Gasteiger partial charge is 0.227 e. The van der Waals surface area contributed by atoms with Gasteiger partial charge >= 0.3 is 0 Å². The molecule has 0 amide bonds. The summed E-state index contributed by atoms with van der Waals surface area (Å²) >= 11 is 6.04. The zero-order valence-corrected chi connectivity index (χ0v) is 22.4. The monoisotopic (exact) mass is 530 g/mol. The molecular formula is C32H35ClN2O3. The van der Waals surface area contributed by atoms with Gasteiger partial charge in [-0.3, -0.25) is 0 Å². The van der Waals surface area contributed by atoms with E-state index in [4.69, 9.17) is 21.1 Å². The van der Waals surface area contributed by atoms with E-state index in [0.717, 1.165) is 79.8 Å². The first-order valence-corrected chi connectivity index (χ1v) is 14.3. The van der Waals surface area contributed by atoms with E-state index in [1.54, 1.807) is 6.20 Å². The van der Waals surface area contributed by atoms with Crippen LogP contribution in [0.5, 0.6) is 5.88 Å². The molecule has 2 aliphatic carbocycles. The van der Waals surface area contributed by atoms with Gasteiger partial charge in [-0.1, -0.05) is 54.8 Å². The molecule has 5 nitrogen and oxygen atoms in total. The number of pyridine rings is 1. The van der Waals surface area contributed by atoms with Gasteiger partial charge in [0.25, 0.3) is 0 Å². The van der Waals surface area contributed by atoms with Crippen molar-refractivity contribution in [2.24, 2.45) is 0 Å². The molecule has 0 radical (unpaired) electrons. The van der Waals surface area contributed by atoms with Crippen molar-refractivity contribution in [2.75, 3.05) is 19.6 Å². The number of nitrogens with zero attached hydrogens (tertiary/aromatic N) is 2. The molecule has 6 rings (SSSR count). The van der Waals surface area contributed by atoms with Crippen LogP contribution in [0.2, 0.25) is 5.02 Å². The maximum Gasteiger partial charge on any atom is 0.227 e. The molecular weight excluding hydrogens is 496 g/mol. The number of aromatic nitrogens is 1. The van der Waals surface area contributed by atoms with Crippen LogP contribution >= 0.6 is 11.6 Å². The van der Waals surface area contributed by atoms with Crippen molar-refractivity contribution in [2.45, 2.75) is 62.8 Å². The number of likely N-dealkylation sites (tertiary alicyclic amines) is 1. The van der Waals surface area contributed by atoms with Crippen molar-refractivity contribution < 1.29 is 14.6 Å². The molecule has 1 saturated carbocycles. The summed E-state index contributed by atoms with van der Waals surface area (Å²) in [6, 6.07) is 11.7. The average Bonchev–Trinajstić information content (AvgIpc) is 3.38. The van der Waals surface area contributed by atoms with E-state index in [1.807, 2.05) is 42.5 Å². The molecule has 4 aliphatic rings. The minimum Gasteiger partial charge on any atom is -0.438 e. The first-order chi connectivity index (χ1) is 18.6. The molecule has 0 bridgehead atoms. The van der Waals surface area contributed by atoms with Gasteiger partial charge in [-0.15, -0.1) is 0 Å². The van der Waals surface area contributed by atoms with E-state index < -0.39 is 5.60 Å². The van der Waals surface area contributed by atoms with E-state index in [9.17, 15) is 5.11 Å². The Bertz CT molecular complexity index is 1270. The summed E-state index contributed by atoms with van der Waals surface area (Å²) in [6.45, 7) is 2.66. The third kappa shape index (κ3) is 5.52. The van der Waals surface area contributed by atoms with Gasteiger partial charge in [0.05, 0.1) is 11.7 Å². The highest BCUT2D eigenvalue weighted by molar-refractivity contribution is 6.30. The molecule has 3 heterocycles. The SMILES string of the molecule is OC1(c2ccc(Cl)cc2)CCN(CCC=C2C=C3C(=CC=CC3OC3CCCC3)Oc3ncccc32)CC1. The van der Waals surface area contributed by atoms with Crippen molar-refractivity contribution >= 4 is 17.2 Å². The van der Waals surface area contributed by atoms with Crippen molar-refractivity contribution in [1.82, 2.24) is 9.88 Å². The second-order valence-electron chi connectivity index (χ2n) is 10.8. The lowest BCUT2D eigenvalue weighted by Gasteiger charge is -2.38. The van der Waals surface area contributed by atoms with Crippen LogP contribution in [0.1, 0.15) is 56.1 Å². The molecule has 2 aliphatic heterocycles. The fourth-order valence-corrected chi connectivity index (χ4v) is 6.11. The number of aliphatic hydroxyl groups is 1. The second-order valence-corrected chi connectivity index (χ2v) is 11.2. The summed E-state index contributed by atoms with van der Waals surface area (Å²) < 4.78 is 12.8. The zero-order chi connectivity index (χ0) is 26.0. The number of piperidine rings is 1. The van der Waals surface area contributed by atoms with E-state index in [-0.39, 0.29) is 6.10 Å². The predicted octanol–water partition coefficient (Wildman–Crippen LogP) is 6.59. The largest absolute Gasteiger partial charge is 0.438 e. The lowest BCUT2D eigenvalue weighted by atomic mass is 9.84. The highest BCUT2D eigenvalue weighted by Gasteiger charge is 2.34. The fourth-order valence-electron chi connectivity index (χ4n) is 5.99. The highest BCUT2D eigenvalue weighted by atomic mass is 35.5. The van der Waals surface area contributed by atoms with Gasteiger partial charge in [0.15, 0.2) is 0 Å². The minimum atomic E-state index is -0.779. The quantitative estimate of drug-likeness (QED) is 0.456. The molecule has 1 saturated heterocycles. The lowest BCUT2D eigenvalue weighted by Crippen LogP contribution is -2.42. The topological polar surface area (TPSA) is 54.8 Å². The number of hydrogen-bond acceptors (Lipinski definition) is 5.